The fraction of sp³-hybridized carbons (Fsp3) is 0.500. The van der Waals surface area contributed by atoms with E-state index in [1.807, 2.05) is 49.7 Å². The molecule has 12 heteroatoms. The van der Waals surface area contributed by atoms with Crippen molar-refractivity contribution < 1.29 is 14.3 Å². The molecule has 1 spiro atoms. The molecule has 0 radical (unpaired) electrons. The summed E-state index contributed by atoms with van der Waals surface area (Å²) in [7, 11) is 1.94. The minimum absolute atomic E-state index is 0.103. The van der Waals surface area contributed by atoms with Crippen molar-refractivity contribution in [2.45, 2.75) is 77.2 Å². The molecule has 2 saturated heterocycles. The van der Waals surface area contributed by atoms with Crippen LogP contribution in [0.3, 0.4) is 0 Å². The summed E-state index contributed by atoms with van der Waals surface area (Å²) < 4.78 is 13.8. The number of fused-ring (bicyclic) bond motifs is 2. The number of nitrogens with one attached hydrogen (secondary N) is 1. The number of hydrogen-bond acceptors (Lipinski definition) is 9. The Labute approximate surface area is 274 Å². The smallest absolute Gasteiger partial charge is 0.408 e. The Balaban J connectivity index is 1.17. The first-order chi connectivity index (χ1) is 22.1. The first-order valence-corrected chi connectivity index (χ1v) is 16.5. The lowest BCUT2D eigenvalue weighted by Gasteiger charge is -2.43. The number of rotatable bonds is 5. The number of halogens is 1. The summed E-state index contributed by atoms with van der Waals surface area (Å²) in [6.07, 6.45) is 8.64. The van der Waals surface area contributed by atoms with Gasteiger partial charge in [-0.2, -0.15) is 0 Å². The largest absolute Gasteiger partial charge is 0.444 e. The number of aromatic nitrogens is 5. The van der Waals surface area contributed by atoms with Gasteiger partial charge in [0.05, 0.1) is 12.2 Å². The number of hydrogen-bond donors (Lipinski definition) is 1. The number of pyridine rings is 1. The van der Waals surface area contributed by atoms with Crippen molar-refractivity contribution in [2.24, 2.45) is 5.41 Å². The Hall–Kier alpha value is -3.96. The molecule has 0 saturated carbocycles. The molecule has 2 aliphatic heterocycles. The van der Waals surface area contributed by atoms with E-state index in [1.165, 1.54) is 11.1 Å². The van der Waals surface area contributed by atoms with E-state index in [0.29, 0.717) is 28.7 Å². The van der Waals surface area contributed by atoms with Crippen molar-refractivity contribution in [3.8, 4) is 0 Å². The quantitative estimate of drug-likeness (QED) is 0.236. The monoisotopic (exact) mass is 644 g/mol. The number of amides is 1. The molecule has 1 unspecified atom stereocenters. The first-order valence-electron chi connectivity index (χ1n) is 16.1. The highest BCUT2D eigenvalue weighted by Crippen LogP contribution is 2.52. The van der Waals surface area contributed by atoms with E-state index in [-0.39, 0.29) is 23.8 Å². The molecule has 1 aromatic carbocycles. The SMILES string of the molecule is CN(c1ccnc(Cl)c1)c1nn(C2CCCCO2)c2nc(N3CCC4(CC3)Cc3ccccc3[C@H]4NC(=O)OC(C)(C)C)cnc12. The number of benzene rings is 1. The Morgan fingerprint density at radius 1 is 1.15 bits per heavy atom. The van der Waals surface area contributed by atoms with Crippen molar-refractivity contribution in [2.75, 3.05) is 36.5 Å². The molecule has 2 fully saturated rings. The van der Waals surface area contributed by atoms with Gasteiger partial charge in [0.15, 0.2) is 23.2 Å². The number of ether oxygens (including phenoxy) is 2. The van der Waals surface area contributed by atoms with Crippen molar-refractivity contribution in [3.63, 3.8) is 0 Å². The lowest BCUT2D eigenvalue weighted by atomic mass is 9.72. The van der Waals surface area contributed by atoms with E-state index in [0.717, 1.165) is 63.1 Å². The normalized spacial score (nSPS) is 20.9. The number of carbonyl (C=O) groups excluding carboxylic acids is 1. The Morgan fingerprint density at radius 2 is 1.96 bits per heavy atom. The van der Waals surface area contributed by atoms with Gasteiger partial charge in [-0.3, -0.25) is 0 Å². The van der Waals surface area contributed by atoms with Crippen LogP contribution >= 0.6 is 11.6 Å². The molecule has 5 heterocycles. The van der Waals surface area contributed by atoms with E-state index in [1.54, 1.807) is 12.3 Å². The molecule has 11 nitrogen and oxygen atoms in total. The van der Waals surface area contributed by atoms with Gasteiger partial charge in [0.1, 0.15) is 16.6 Å². The first kappa shape index (κ1) is 30.7. The van der Waals surface area contributed by atoms with Gasteiger partial charge in [-0.15, -0.1) is 5.10 Å². The van der Waals surface area contributed by atoms with Crippen LogP contribution in [0.15, 0.2) is 48.8 Å². The molecular weight excluding hydrogens is 604 g/mol. The van der Waals surface area contributed by atoms with Crippen molar-refractivity contribution >= 4 is 46.2 Å². The predicted molar refractivity (Wildman–Crippen MR) is 178 cm³/mol. The fourth-order valence-corrected chi connectivity index (χ4v) is 7.36. The summed E-state index contributed by atoms with van der Waals surface area (Å²) in [6.45, 7) is 7.95. The molecule has 3 aromatic heterocycles. The second-order valence-electron chi connectivity index (χ2n) is 13.7. The summed E-state index contributed by atoms with van der Waals surface area (Å²) in [5, 5.41) is 8.67. The third kappa shape index (κ3) is 5.86. The van der Waals surface area contributed by atoms with E-state index in [4.69, 9.17) is 36.1 Å². The number of piperidine rings is 1. The minimum Gasteiger partial charge on any atom is -0.444 e. The van der Waals surface area contributed by atoms with E-state index < -0.39 is 5.60 Å². The zero-order valence-electron chi connectivity index (χ0n) is 26.9. The molecule has 4 aromatic rings. The molecule has 3 aliphatic rings. The maximum Gasteiger partial charge on any atom is 0.408 e. The molecule has 2 atom stereocenters. The van der Waals surface area contributed by atoms with E-state index in [9.17, 15) is 4.79 Å². The third-order valence-corrected chi connectivity index (χ3v) is 9.69. The Bertz CT molecular complexity index is 1740. The molecule has 46 heavy (non-hydrogen) atoms. The number of alkyl carbamates (subject to hydrolysis) is 1. The minimum atomic E-state index is -0.564. The van der Waals surface area contributed by atoms with Gasteiger partial charge in [-0.05, 0) is 82.6 Å². The van der Waals surface area contributed by atoms with Crippen LogP contribution < -0.4 is 15.1 Å². The fourth-order valence-electron chi connectivity index (χ4n) is 7.19. The predicted octanol–water partition coefficient (Wildman–Crippen LogP) is 6.75. The van der Waals surface area contributed by atoms with Crippen LogP contribution in [0.1, 0.15) is 76.3 Å². The molecule has 1 aliphatic carbocycles. The highest BCUT2D eigenvalue weighted by atomic mass is 35.5. The number of carbonyl (C=O) groups is 1. The lowest BCUT2D eigenvalue weighted by molar-refractivity contribution is -0.0368. The third-order valence-electron chi connectivity index (χ3n) is 9.48. The molecule has 1 amide bonds. The average molecular weight is 645 g/mol. The van der Waals surface area contributed by atoms with Gasteiger partial charge in [-0.25, -0.2) is 24.4 Å². The summed E-state index contributed by atoms with van der Waals surface area (Å²) in [6, 6.07) is 12.0. The zero-order chi connectivity index (χ0) is 32.1. The summed E-state index contributed by atoms with van der Waals surface area (Å²) in [4.78, 5) is 31.5. The molecule has 7 rings (SSSR count). The van der Waals surface area contributed by atoms with Gasteiger partial charge in [0, 0.05) is 44.0 Å². The van der Waals surface area contributed by atoms with Crippen molar-refractivity contribution in [1.29, 1.82) is 0 Å². The maximum atomic E-state index is 13.0. The van der Waals surface area contributed by atoms with Crippen molar-refractivity contribution in [3.05, 3.63) is 65.1 Å². The average Bonchev–Trinajstić information content (AvgIpc) is 3.56. The highest BCUT2D eigenvalue weighted by Gasteiger charge is 2.49. The van der Waals surface area contributed by atoms with Crippen LogP contribution in [0.4, 0.5) is 22.1 Å². The zero-order valence-corrected chi connectivity index (χ0v) is 27.6. The van der Waals surface area contributed by atoms with Gasteiger partial charge in [0.2, 0.25) is 0 Å². The summed E-state index contributed by atoms with van der Waals surface area (Å²) in [5.74, 6) is 1.50. The second kappa shape index (κ2) is 12.0. The Kier molecular flexibility index (Phi) is 8.01. The summed E-state index contributed by atoms with van der Waals surface area (Å²) in [5.41, 5.74) is 4.07. The Morgan fingerprint density at radius 3 is 2.70 bits per heavy atom. The van der Waals surface area contributed by atoms with Crippen LogP contribution in [0, 0.1) is 5.41 Å². The maximum absolute atomic E-state index is 13.0. The number of nitrogens with zero attached hydrogens (tertiary/aromatic N) is 7. The highest BCUT2D eigenvalue weighted by molar-refractivity contribution is 6.29. The lowest BCUT2D eigenvalue weighted by Crippen LogP contribution is -2.48. The molecule has 0 bridgehead atoms. The molecule has 242 valence electrons. The molecule has 1 N–H and O–H groups in total. The van der Waals surface area contributed by atoms with Gasteiger partial charge < -0.3 is 24.6 Å². The topological polar surface area (TPSA) is 111 Å². The van der Waals surface area contributed by atoms with Crippen LogP contribution in [0.25, 0.3) is 11.2 Å². The van der Waals surface area contributed by atoms with E-state index in [2.05, 4.69) is 39.5 Å². The van der Waals surface area contributed by atoms with Gasteiger partial charge in [0.25, 0.3) is 0 Å². The van der Waals surface area contributed by atoms with Crippen molar-refractivity contribution in [1.82, 2.24) is 30.0 Å². The van der Waals surface area contributed by atoms with Crippen LogP contribution in [0.2, 0.25) is 5.15 Å². The van der Waals surface area contributed by atoms with Gasteiger partial charge in [-0.1, -0.05) is 35.9 Å². The van der Waals surface area contributed by atoms with Crippen LogP contribution in [-0.4, -0.2) is 63.2 Å². The van der Waals surface area contributed by atoms with Crippen LogP contribution in [0.5, 0.6) is 0 Å². The number of anilines is 3. The van der Waals surface area contributed by atoms with E-state index >= 15 is 0 Å². The summed E-state index contributed by atoms with van der Waals surface area (Å²) >= 11 is 6.21. The molecular formula is C34H41ClN8O3. The van der Waals surface area contributed by atoms with Crippen LogP contribution in [-0.2, 0) is 15.9 Å². The van der Waals surface area contributed by atoms with Gasteiger partial charge >= 0.3 is 6.09 Å². The second-order valence-corrected chi connectivity index (χ2v) is 14.1. The standard InChI is InChI=1S/C34H41ClN8O3/c1-33(2,3)46-32(44)39-29-24-10-6-5-9-22(24)20-34(29)13-16-42(17-14-34)26-21-37-28-30(38-26)43(27-11-7-8-18-45-27)40-31(28)41(4)23-12-15-36-25(35)19-23/h5-6,9-10,12,15,19,21,27,29H,7-8,11,13-14,16-18,20H2,1-4H3,(H,39,44)/t27?,29-/m1/s1.